The summed E-state index contributed by atoms with van der Waals surface area (Å²) in [4.78, 5) is 10.8. The van der Waals surface area contributed by atoms with Crippen molar-refractivity contribution in [3.63, 3.8) is 0 Å². The molecule has 1 aliphatic carbocycles. The second kappa shape index (κ2) is 2.48. The van der Waals surface area contributed by atoms with Gasteiger partial charge >= 0.3 is 0 Å². The Morgan fingerprint density at radius 3 is 2.78 bits per heavy atom. The molecule has 1 N–H and O–H groups in total. The molecular formula is C7H12O2. The van der Waals surface area contributed by atoms with E-state index in [1.807, 2.05) is 0 Å². The highest BCUT2D eigenvalue weighted by Crippen LogP contribution is 2.19. The van der Waals surface area contributed by atoms with Gasteiger partial charge in [0.05, 0.1) is 6.10 Å². The molecule has 0 aromatic heterocycles. The van der Waals surface area contributed by atoms with Crippen molar-refractivity contribution >= 4 is 5.78 Å². The minimum absolute atomic E-state index is 0.112. The van der Waals surface area contributed by atoms with Gasteiger partial charge in [0.2, 0.25) is 0 Å². The van der Waals surface area contributed by atoms with Crippen LogP contribution in [0, 0.1) is 5.92 Å². The Hall–Kier alpha value is -0.370. The minimum Gasteiger partial charge on any atom is -0.392 e. The van der Waals surface area contributed by atoms with E-state index in [0.29, 0.717) is 6.42 Å². The van der Waals surface area contributed by atoms with Crippen LogP contribution >= 0.6 is 0 Å². The molecule has 0 spiro atoms. The van der Waals surface area contributed by atoms with Crippen molar-refractivity contribution in [1.29, 1.82) is 0 Å². The Morgan fingerprint density at radius 2 is 2.33 bits per heavy atom. The normalized spacial score (nSPS) is 36.9. The summed E-state index contributed by atoms with van der Waals surface area (Å²) in [6, 6.07) is 0. The smallest absolute Gasteiger partial charge is 0.138 e. The second-order valence-corrected chi connectivity index (χ2v) is 2.71. The Balaban J connectivity index is 2.51. The lowest BCUT2D eigenvalue weighted by Crippen LogP contribution is -2.29. The average molecular weight is 128 g/mol. The lowest BCUT2D eigenvalue weighted by atomic mass is 9.87. The van der Waals surface area contributed by atoms with Crippen molar-refractivity contribution < 1.29 is 9.90 Å². The van der Waals surface area contributed by atoms with Crippen LogP contribution in [-0.4, -0.2) is 17.0 Å². The zero-order valence-electron chi connectivity index (χ0n) is 5.63. The lowest BCUT2D eigenvalue weighted by molar-refractivity contribution is -0.128. The van der Waals surface area contributed by atoms with Crippen molar-refractivity contribution in [3.05, 3.63) is 0 Å². The van der Waals surface area contributed by atoms with E-state index in [1.165, 1.54) is 0 Å². The van der Waals surface area contributed by atoms with Gasteiger partial charge in [0.1, 0.15) is 5.78 Å². The molecule has 0 aliphatic heterocycles. The highest BCUT2D eigenvalue weighted by molar-refractivity contribution is 5.81. The van der Waals surface area contributed by atoms with Gasteiger partial charge in [0.25, 0.3) is 0 Å². The maximum atomic E-state index is 10.8. The van der Waals surface area contributed by atoms with Crippen molar-refractivity contribution in [3.8, 4) is 0 Å². The standard InChI is InChI=1S/C7H12O2/c1-5-6(8)3-2-4-7(5)9/h5-6,8H,2-4H2,1H3/t5-,6-/m0/s1. The van der Waals surface area contributed by atoms with Crippen LogP contribution in [0.3, 0.4) is 0 Å². The van der Waals surface area contributed by atoms with Gasteiger partial charge < -0.3 is 5.11 Å². The van der Waals surface area contributed by atoms with E-state index in [1.54, 1.807) is 6.92 Å². The van der Waals surface area contributed by atoms with Crippen molar-refractivity contribution in [2.24, 2.45) is 5.92 Å². The number of aliphatic hydroxyl groups is 1. The summed E-state index contributed by atoms with van der Waals surface area (Å²) in [6.45, 7) is 1.80. The van der Waals surface area contributed by atoms with E-state index in [0.717, 1.165) is 12.8 Å². The third-order valence-electron chi connectivity index (χ3n) is 2.01. The molecule has 1 saturated carbocycles. The van der Waals surface area contributed by atoms with Crippen molar-refractivity contribution in [2.75, 3.05) is 0 Å². The van der Waals surface area contributed by atoms with Gasteiger partial charge in [-0.05, 0) is 12.8 Å². The third-order valence-corrected chi connectivity index (χ3v) is 2.01. The summed E-state index contributed by atoms with van der Waals surface area (Å²) in [5.74, 6) is 0.104. The maximum absolute atomic E-state index is 10.8. The molecule has 0 aromatic carbocycles. The fourth-order valence-corrected chi connectivity index (χ4v) is 1.18. The Morgan fingerprint density at radius 1 is 1.67 bits per heavy atom. The molecule has 2 atom stereocenters. The highest BCUT2D eigenvalue weighted by atomic mass is 16.3. The van der Waals surface area contributed by atoms with Crippen LogP contribution in [0.5, 0.6) is 0 Å². The Labute approximate surface area is 54.9 Å². The van der Waals surface area contributed by atoms with Gasteiger partial charge in [-0.15, -0.1) is 0 Å². The first-order valence-electron chi connectivity index (χ1n) is 3.42. The molecule has 9 heavy (non-hydrogen) atoms. The topological polar surface area (TPSA) is 37.3 Å². The summed E-state index contributed by atoms with van der Waals surface area (Å²) in [5, 5.41) is 9.13. The number of hydrogen-bond donors (Lipinski definition) is 1. The van der Waals surface area contributed by atoms with Gasteiger partial charge in [-0.1, -0.05) is 6.92 Å². The lowest BCUT2D eigenvalue weighted by Gasteiger charge is -2.22. The largest absolute Gasteiger partial charge is 0.392 e. The van der Waals surface area contributed by atoms with E-state index in [-0.39, 0.29) is 17.8 Å². The molecule has 52 valence electrons. The first-order chi connectivity index (χ1) is 4.22. The van der Waals surface area contributed by atoms with Gasteiger partial charge in [-0.3, -0.25) is 4.79 Å². The van der Waals surface area contributed by atoms with Crippen LogP contribution in [0.4, 0.5) is 0 Å². The highest BCUT2D eigenvalue weighted by Gasteiger charge is 2.25. The number of aliphatic hydroxyl groups excluding tert-OH is 1. The van der Waals surface area contributed by atoms with Crippen LogP contribution in [-0.2, 0) is 4.79 Å². The Kier molecular flexibility index (Phi) is 1.86. The quantitative estimate of drug-likeness (QED) is 0.522. The van der Waals surface area contributed by atoms with Crippen molar-refractivity contribution in [1.82, 2.24) is 0 Å². The molecule has 0 unspecified atom stereocenters. The number of hydrogen-bond acceptors (Lipinski definition) is 2. The molecule has 0 aromatic rings. The second-order valence-electron chi connectivity index (χ2n) is 2.71. The van der Waals surface area contributed by atoms with Gasteiger partial charge in [0.15, 0.2) is 0 Å². The molecule has 1 rings (SSSR count). The number of Topliss-reactive ketones (excluding diaryl/α,β-unsaturated/α-hetero) is 1. The molecule has 2 nitrogen and oxygen atoms in total. The summed E-state index contributed by atoms with van der Waals surface area (Å²) in [6.07, 6.45) is 1.96. The molecular weight excluding hydrogens is 116 g/mol. The zero-order valence-corrected chi connectivity index (χ0v) is 5.63. The molecule has 2 heteroatoms. The number of carbonyl (C=O) groups excluding carboxylic acids is 1. The summed E-state index contributed by atoms with van der Waals surface area (Å²) in [5.41, 5.74) is 0. The van der Waals surface area contributed by atoms with Crippen LogP contribution in [0.2, 0.25) is 0 Å². The molecule has 1 fully saturated rings. The molecule has 0 amide bonds. The van der Waals surface area contributed by atoms with E-state index in [2.05, 4.69) is 0 Å². The SMILES string of the molecule is C[C@@H]1C(=O)CCC[C@@H]1O. The molecule has 0 bridgehead atoms. The first-order valence-corrected chi connectivity index (χ1v) is 3.42. The molecule has 0 radical (unpaired) electrons. The monoisotopic (exact) mass is 128 g/mol. The average Bonchev–Trinajstić information content (AvgIpc) is 1.83. The van der Waals surface area contributed by atoms with Gasteiger partial charge in [-0.25, -0.2) is 0 Å². The van der Waals surface area contributed by atoms with E-state index >= 15 is 0 Å². The fourth-order valence-electron chi connectivity index (χ4n) is 1.18. The summed E-state index contributed by atoms with van der Waals surface area (Å²) < 4.78 is 0. The Bertz CT molecular complexity index is 120. The van der Waals surface area contributed by atoms with Crippen LogP contribution in [0.25, 0.3) is 0 Å². The van der Waals surface area contributed by atoms with Gasteiger partial charge in [0, 0.05) is 12.3 Å². The van der Waals surface area contributed by atoms with Crippen molar-refractivity contribution in [2.45, 2.75) is 32.3 Å². The van der Waals surface area contributed by atoms with E-state index < -0.39 is 0 Å². The maximum Gasteiger partial charge on any atom is 0.138 e. The fraction of sp³-hybridized carbons (Fsp3) is 0.857. The summed E-state index contributed by atoms with van der Waals surface area (Å²) in [7, 11) is 0. The number of rotatable bonds is 0. The van der Waals surface area contributed by atoms with Crippen LogP contribution in [0.1, 0.15) is 26.2 Å². The third kappa shape index (κ3) is 1.30. The number of carbonyl (C=O) groups is 1. The molecule has 0 saturated heterocycles. The van der Waals surface area contributed by atoms with Crippen LogP contribution in [0.15, 0.2) is 0 Å². The zero-order chi connectivity index (χ0) is 6.85. The predicted octanol–water partition coefficient (Wildman–Crippen LogP) is 0.736. The molecule has 0 heterocycles. The van der Waals surface area contributed by atoms with E-state index in [4.69, 9.17) is 5.11 Å². The van der Waals surface area contributed by atoms with Crippen LogP contribution < -0.4 is 0 Å². The van der Waals surface area contributed by atoms with Gasteiger partial charge in [-0.2, -0.15) is 0 Å². The molecule has 1 aliphatic rings. The minimum atomic E-state index is -0.369. The predicted molar refractivity (Wildman–Crippen MR) is 34.0 cm³/mol. The first kappa shape index (κ1) is 6.75. The van der Waals surface area contributed by atoms with E-state index in [9.17, 15) is 4.79 Å². The summed E-state index contributed by atoms with van der Waals surface area (Å²) >= 11 is 0. The number of ketones is 1.